The molecule has 10 heavy (non-hydrogen) atoms. The summed E-state index contributed by atoms with van der Waals surface area (Å²) in [6.45, 7) is 9.39. The summed E-state index contributed by atoms with van der Waals surface area (Å²) < 4.78 is 0. The minimum atomic E-state index is -0.0704. The molecule has 0 bridgehead atoms. The van der Waals surface area contributed by atoms with E-state index >= 15 is 0 Å². The third-order valence-corrected chi connectivity index (χ3v) is 1.54. The van der Waals surface area contributed by atoms with Crippen LogP contribution in [0.3, 0.4) is 0 Å². The van der Waals surface area contributed by atoms with Gasteiger partial charge in [-0.25, -0.2) is 0 Å². The normalized spacial score (nSPS) is 13.2. The number of likely N-dealkylation sites (N-methyl/N-ethyl adjacent to an activating group) is 1. The maximum Gasteiger partial charge on any atom is 0.0226 e. The molecular formula is C8H20N2. The van der Waals surface area contributed by atoms with E-state index in [4.69, 9.17) is 5.73 Å². The summed E-state index contributed by atoms with van der Waals surface area (Å²) >= 11 is 0. The molecule has 0 radical (unpaired) electrons. The molecule has 0 spiro atoms. The molecule has 0 aliphatic heterocycles. The van der Waals surface area contributed by atoms with Crippen LogP contribution in [0.15, 0.2) is 0 Å². The van der Waals surface area contributed by atoms with Gasteiger partial charge in [0.15, 0.2) is 0 Å². The first-order valence-corrected chi connectivity index (χ1v) is 3.82. The van der Waals surface area contributed by atoms with E-state index in [1.807, 2.05) is 13.8 Å². The highest BCUT2D eigenvalue weighted by Gasteiger charge is 2.14. The topological polar surface area (TPSA) is 29.3 Å². The standard InChI is InChI=1S/C8H20N2/c1-7(2)10(5)6-8(3,4)9/h7H,6,9H2,1-5H3. The van der Waals surface area contributed by atoms with E-state index in [1.54, 1.807) is 0 Å². The molecule has 0 fully saturated rings. The van der Waals surface area contributed by atoms with Crippen molar-refractivity contribution < 1.29 is 0 Å². The zero-order chi connectivity index (χ0) is 8.36. The largest absolute Gasteiger partial charge is 0.324 e. The highest BCUT2D eigenvalue weighted by atomic mass is 15.1. The van der Waals surface area contributed by atoms with Gasteiger partial charge in [0.05, 0.1) is 0 Å². The van der Waals surface area contributed by atoms with Crippen LogP contribution in [0.1, 0.15) is 27.7 Å². The van der Waals surface area contributed by atoms with Gasteiger partial charge in [0.1, 0.15) is 0 Å². The molecule has 0 amide bonds. The molecule has 0 aromatic carbocycles. The number of nitrogens with two attached hydrogens (primary N) is 1. The molecule has 0 aromatic heterocycles. The van der Waals surface area contributed by atoms with Gasteiger partial charge in [0.25, 0.3) is 0 Å². The van der Waals surface area contributed by atoms with Crippen LogP contribution in [0, 0.1) is 0 Å². The second-order valence-corrected chi connectivity index (χ2v) is 4.00. The highest BCUT2D eigenvalue weighted by Crippen LogP contribution is 2.02. The van der Waals surface area contributed by atoms with Gasteiger partial charge in [-0.3, -0.25) is 0 Å². The molecule has 0 heterocycles. The third-order valence-electron chi connectivity index (χ3n) is 1.54. The van der Waals surface area contributed by atoms with Crippen molar-refractivity contribution in [1.82, 2.24) is 4.90 Å². The van der Waals surface area contributed by atoms with Crippen molar-refractivity contribution in [2.24, 2.45) is 5.73 Å². The third kappa shape index (κ3) is 4.77. The quantitative estimate of drug-likeness (QED) is 0.642. The number of rotatable bonds is 3. The maximum atomic E-state index is 5.83. The minimum Gasteiger partial charge on any atom is -0.324 e. The van der Waals surface area contributed by atoms with Gasteiger partial charge in [0, 0.05) is 18.1 Å². The Labute approximate surface area is 64.4 Å². The van der Waals surface area contributed by atoms with Gasteiger partial charge in [-0.2, -0.15) is 0 Å². The summed E-state index contributed by atoms with van der Waals surface area (Å²) in [6, 6.07) is 0.586. The second-order valence-electron chi connectivity index (χ2n) is 4.00. The molecule has 62 valence electrons. The van der Waals surface area contributed by atoms with Gasteiger partial charge < -0.3 is 10.6 Å². The fraction of sp³-hybridized carbons (Fsp3) is 1.00. The average molecular weight is 144 g/mol. The van der Waals surface area contributed by atoms with Crippen LogP contribution >= 0.6 is 0 Å². The Morgan fingerprint density at radius 1 is 1.40 bits per heavy atom. The minimum absolute atomic E-state index is 0.0704. The molecule has 0 aliphatic carbocycles. The molecule has 0 aliphatic rings. The lowest BCUT2D eigenvalue weighted by atomic mass is 10.1. The lowest BCUT2D eigenvalue weighted by molar-refractivity contribution is 0.225. The van der Waals surface area contributed by atoms with Gasteiger partial charge in [-0.15, -0.1) is 0 Å². The Kier molecular flexibility index (Phi) is 3.33. The Morgan fingerprint density at radius 3 is 1.90 bits per heavy atom. The summed E-state index contributed by atoms with van der Waals surface area (Å²) in [5, 5.41) is 0. The van der Waals surface area contributed by atoms with E-state index < -0.39 is 0 Å². The summed E-state index contributed by atoms with van der Waals surface area (Å²) in [4.78, 5) is 2.25. The van der Waals surface area contributed by atoms with Crippen LogP contribution < -0.4 is 5.73 Å². The molecule has 2 nitrogen and oxygen atoms in total. The Morgan fingerprint density at radius 2 is 1.80 bits per heavy atom. The number of hydrogen-bond acceptors (Lipinski definition) is 2. The fourth-order valence-electron chi connectivity index (χ4n) is 0.825. The number of nitrogens with zero attached hydrogens (tertiary/aromatic N) is 1. The van der Waals surface area contributed by atoms with Crippen molar-refractivity contribution in [3.8, 4) is 0 Å². The van der Waals surface area contributed by atoms with Crippen molar-refractivity contribution in [2.75, 3.05) is 13.6 Å². The Hall–Kier alpha value is -0.0800. The van der Waals surface area contributed by atoms with Crippen molar-refractivity contribution in [3.63, 3.8) is 0 Å². The van der Waals surface area contributed by atoms with Crippen LogP contribution in [-0.4, -0.2) is 30.1 Å². The first-order chi connectivity index (χ1) is 4.33. The van der Waals surface area contributed by atoms with E-state index in [2.05, 4.69) is 25.8 Å². The maximum absolute atomic E-state index is 5.83. The van der Waals surface area contributed by atoms with E-state index in [0.29, 0.717) is 6.04 Å². The van der Waals surface area contributed by atoms with Crippen molar-refractivity contribution in [1.29, 1.82) is 0 Å². The second kappa shape index (κ2) is 3.35. The van der Waals surface area contributed by atoms with E-state index in [-0.39, 0.29) is 5.54 Å². The SMILES string of the molecule is CC(C)N(C)CC(C)(C)N. The summed E-state index contributed by atoms with van der Waals surface area (Å²) in [7, 11) is 2.10. The molecule has 0 saturated heterocycles. The molecule has 0 rings (SSSR count). The van der Waals surface area contributed by atoms with Crippen molar-refractivity contribution in [2.45, 2.75) is 39.3 Å². The predicted molar refractivity (Wildman–Crippen MR) is 46.0 cm³/mol. The van der Waals surface area contributed by atoms with Crippen LogP contribution in [0.4, 0.5) is 0 Å². The van der Waals surface area contributed by atoms with Crippen LogP contribution in [0.5, 0.6) is 0 Å². The summed E-state index contributed by atoms with van der Waals surface area (Å²) in [5.74, 6) is 0. The van der Waals surface area contributed by atoms with Gasteiger partial charge in [-0.05, 0) is 34.7 Å². The van der Waals surface area contributed by atoms with Crippen LogP contribution in [0.25, 0.3) is 0 Å². The molecule has 0 unspecified atom stereocenters. The zero-order valence-corrected chi connectivity index (χ0v) is 7.81. The molecule has 0 aromatic rings. The molecular weight excluding hydrogens is 124 g/mol. The number of hydrogen-bond donors (Lipinski definition) is 1. The average Bonchev–Trinajstić information content (AvgIpc) is 1.60. The van der Waals surface area contributed by atoms with Crippen molar-refractivity contribution >= 4 is 0 Å². The molecule has 0 saturated carbocycles. The van der Waals surface area contributed by atoms with E-state index in [9.17, 15) is 0 Å². The summed E-state index contributed by atoms with van der Waals surface area (Å²) in [5.41, 5.74) is 5.76. The van der Waals surface area contributed by atoms with Gasteiger partial charge in [-0.1, -0.05) is 0 Å². The first-order valence-electron chi connectivity index (χ1n) is 3.82. The molecule has 2 N–H and O–H groups in total. The van der Waals surface area contributed by atoms with E-state index in [1.165, 1.54) is 0 Å². The lowest BCUT2D eigenvalue weighted by Crippen LogP contribution is -2.45. The Balaban J connectivity index is 3.68. The summed E-state index contributed by atoms with van der Waals surface area (Å²) in [6.07, 6.45) is 0. The zero-order valence-electron chi connectivity index (χ0n) is 7.81. The molecule has 0 atom stereocenters. The first kappa shape index (κ1) is 9.92. The van der Waals surface area contributed by atoms with Crippen molar-refractivity contribution in [3.05, 3.63) is 0 Å². The predicted octanol–water partition coefficient (Wildman–Crippen LogP) is 1.06. The van der Waals surface area contributed by atoms with E-state index in [0.717, 1.165) is 6.54 Å². The monoisotopic (exact) mass is 144 g/mol. The van der Waals surface area contributed by atoms with Crippen LogP contribution in [-0.2, 0) is 0 Å². The fourth-order valence-corrected chi connectivity index (χ4v) is 0.825. The molecule has 2 heteroatoms. The highest BCUT2D eigenvalue weighted by molar-refractivity contribution is 4.76. The van der Waals surface area contributed by atoms with Crippen LogP contribution in [0.2, 0.25) is 0 Å². The smallest absolute Gasteiger partial charge is 0.0226 e. The lowest BCUT2D eigenvalue weighted by Gasteiger charge is -2.29. The Bertz CT molecular complexity index is 91.9. The van der Waals surface area contributed by atoms with Gasteiger partial charge >= 0.3 is 0 Å². The van der Waals surface area contributed by atoms with Gasteiger partial charge in [0.2, 0.25) is 0 Å².